The van der Waals surface area contributed by atoms with E-state index in [-0.39, 0.29) is 5.02 Å². The van der Waals surface area contributed by atoms with Gasteiger partial charge in [-0.05, 0) is 30.4 Å². The lowest BCUT2D eigenvalue weighted by Gasteiger charge is -2.13. The van der Waals surface area contributed by atoms with Gasteiger partial charge in [-0.1, -0.05) is 37.6 Å². The molecule has 1 N–H and O–H groups in total. The first-order valence-electron chi connectivity index (χ1n) is 5.11. The Hall–Kier alpha value is -0.600. The summed E-state index contributed by atoms with van der Waals surface area (Å²) in [5.74, 6) is -0.00162. The summed E-state index contributed by atoms with van der Waals surface area (Å²) in [6, 6.07) is 4.67. The molecular weight excluding hydrogens is 215 g/mol. The van der Waals surface area contributed by atoms with E-state index < -0.39 is 11.9 Å². The molecule has 1 nitrogen and oxygen atoms in total. The highest BCUT2D eigenvalue weighted by Gasteiger charge is 2.12. The monoisotopic (exact) mass is 230 g/mol. The third-order valence-corrected chi connectivity index (χ3v) is 2.65. The fourth-order valence-electron chi connectivity index (χ4n) is 1.59. The summed E-state index contributed by atoms with van der Waals surface area (Å²) >= 11 is 5.79. The lowest BCUT2D eigenvalue weighted by molar-refractivity contribution is 0.149. The summed E-state index contributed by atoms with van der Waals surface area (Å²) in [6.45, 7) is 4.08. The van der Waals surface area contributed by atoms with Crippen LogP contribution in [0.25, 0.3) is 0 Å². The van der Waals surface area contributed by atoms with E-state index in [1.807, 2.05) is 13.8 Å². The molecule has 0 saturated carbocycles. The lowest BCUT2D eigenvalue weighted by atomic mass is 10.00. The Morgan fingerprint density at radius 1 is 1.40 bits per heavy atom. The molecule has 15 heavy (non-hydrogen) atoms. The second-order valence-corrected chi connectivity index (χ2v) is 4.58. The largest absolute Gasteiger partial charge is 0.393 e. The number of aliphatic hydroxyl groups is 1. The zero-order valence-corrected chi connectivity index (χ0v) is 9.76. The van der Waals surface area contributed by atoms with E-state index in [1.165, 1.54) is 6.07 Å². The van der Waals surface area contributed by atoms with Gasteiger partial charge in [0.1, 0.15) is 5.82 Å². The molecule has 0 aliphatic heterocycles. The second kappa shape index (κ2) is 5.47. The van der Waals surface area contributed by atoms with Gasteiger partial charge < -0.3 is 5.11 Å². The van der Waals surface area contributed by atoms with Crippen LogP contribution in [0.3, 0.4) is 0 Å². The predicted molar refractivity (Wildman–Crippen MR) is 60.6 cm³/mol. The number of benzene rings is 1. The molecule has 1 unspecified atom stereocenters. The molecule has 0 aliphatic carbocycles. The van der Waals surface area contributed by atoms with Crippen LogP contribution in [0, 0.1) is 11.7 Å². The summed E-state index contributed by atoms with van der Waals surface area (Å²) in [4.78, 5) is 0. The summed E-state index contributed by atoms with van der Waals surface area (Å²) < 4.78 is 13.1. The number of hydrogen-bond acceptors (Lipinski definition) is 1. The molecule has 1 rings (SSSR count). The maximum Gasteiger partial charge on any atom is 0.142 e. The van der Waals surface area contributed by atoms with Gasteiger partial charge in [-0.3, -0.25) is 0 Å². The normalized spacial score (nSPS) is 13.2. The first-order valence-corrected chi connectivity index (χ1v) is 5.49. The van der Waals surface area contributed by atoms with Crippen molar-refractivity contribution in [2.45, 2.75) is 32.8 Å². The van der Waals surface area contributed by atoms with Gasteiger partial charge in [-0.2, -0.15) is 0 Å². The van der Waals surface area contributed by atoms with Crippen molar-refractivity contribution >= 4 is 11.6 Å². The van der Waals surface area contributed by atoms with Crippen LogP contribution >= 0.6 is 11.6 Å². The van der Waals surface area contributed by atoms with E-state index in [9.17, 15) is 9.50 Å². The highest BCUT2D eigenvalue weighted by molar-refractivity contribution is 6.31. The number of rotatable bonds is 4. The van der Waals surface area contributed by atoms with Crippen LogP contribution in [0.4, 0.5) is 4.39 Å². The second-order valence-electron chi connectivity index (χ2n) is 4.20. The number of halogens is 2. The van der Waals surface area contributed by atoms with E-state index >= 15 is 0 Å². The molecule has 0 radical (unpaired) electrons. The summed E-state index contributed by atoms with van der Waals surface area (Å²) in [7, 11) is 0. The molecule has 0 bridgehead atoms. The quantitative estimate of drug-likeness (QED) is 0.840. The van der Waals surface area contributed by atoms with E-state index in [4.69, 9.17) is 11.6 Å². The minimum atomic E-state index is -0.454. The van der Waals surface area contributed by atoms with Crippen LogP contribution in [-0.2, 0) is 6.42 Å². The van der Waals surface area contributed by atoms with Gasteiger partial charge >= 0.3 is 0 Å². The summed E-state index contributed by atoms with van der Waals surface area (Å²) in [5.41, 5.74) is 0.671. The Balaban J connectivity index is 2.68. The van der Waals surface area contributed by atoms with Gasteiger partial charge in [0, 0.05) is 0 Å². The van der Waals surface area contributed by atoms with Crippen molar-refractivity contribution < 1.29 is 9.50 Å². The van der Waals surface area contributed by atoms with Crippen LogP contribution in [0.5, 0.6) is 0 Å². The van der Waals surface area contributed by atoms with Gasteiger partial charge in [-0.25, -0.2) is 4.39 Å². The van der Waals surface area contributed by atoms with Crippen molar-refractivity contribution in [3.05, 3.63) is 34.6 Å². The zero-order chi connectivity index (χ0) is 11.4. The van der Waals surface area contributed by atoms with E-state index in [1.54, 1.807) is 12.1 Å². The van der Waals surface area contributed by atoms with Crippen molar-refractivity contribution in [2.75, 3.05) is 0 Å². The number of aliphatic hydroxyl groups excluding tert-OH is 1. The Labute approximate surface area is 94.9 Å². The first-order chi connectivity index (χ1) is 7.00. The minimum Gasteiger partial charge on any atom is -0.393 e. The summed E-state index contributed by atoms with van der Waals surface area (Å²) in [6.07, 6.45) is 0.658. The molecule has 0 saturated heterocycles. The van der Waals surface area contributed by atoms with Crippen LogP contribution in [0.1, 0.15) is 25.8 Å². The van der Waals surface area contributed by atoms with Crippen LogP contribution in [0.2, 0.25) is 5.02 Å². The van der Waals surface area contributed by atoms with Gasteiger partial charge in [0.05, 0.1) is 11.1 Å². The molecule has 0 aromatic heterocycles. The highest BCUT2D eigenvalue weighted by Crippen LogP contribution is 2.22. The van der Waals surface area contributed by atoms with Crippen molar-refractivity contribution in [1.82, 2.24) is 0 Å². The fourth-order valence-corrected chi connectivity index (χ4v) is 1.79. The SMILES string of the molecule is CC(C)CC(O)Cc1cccc(F)c1Cl. The van der Waals surface area contributed by atoms with Crippen molar-refractivity contribution in [3.8, 4) is 0 Å². The molecule has 0 spiro atoms. The smallest absolute Gasteiger partial charge is 0.142 e. The average molecular weight is 231 g/mol. The Bertz CT molecular complexity index is 325. The topological polar surface area (TPSA) is 20.2 Å². The third kappa shape index (κ3) is 3.80. The van der Waals surface area contributed by atoms with Crippen LogP contribution < -0.4 is 0 Å². The predicted octanol–water partition coefficient (Wildman–Crippen LogP) is 3.43. The molecular formula is C12H16ClFO. The van der Waals surface area contributed by atoms with Crippen molar-refractivity contribution in [2.24, 2.45) is 5.92 Å². The molecule has 0 amide bonds. The Morgan fingerprint density at radius 2 is 2.07 bits per heavy atom. The van der Waals surface area contributed by atoms with Gasteiger partial charge in [0.25, 0.3) is 0 Å². The average Bonchev–Trinajstić information content (AvgIpc) is 2.11. The van der Waals surface area contributed by atoms with Gasteiger partial charge in [-0.15, -0.1) is 0 Å². The maximum atomic E-state index is 13.1. The molecule has 0 aliphatic rings. The molecule has 84 valence electrons. The van der Waals surface area contributed by atoms with Crippen LogP contribution in [0.15, 0.2) is 18.2 Å². The van der Waals surface area contributed by atoms with E-state index in [0.29, 0.717) is 24.3 Å². The minimum absolute atomic E-state index is 0.125. The molecule has 1 aromatic carbocycles. The van der Waals surface area contributed by atoms with Crippen LogP contribution in [-0.4, -0.2) is 11.2 Å². The van der Waals surface area contributed by atoms with Crippen molar-refractivity contribution in [1.29, 1.82) is 0 Å². The van der Waals surface area contributed by atoms with E-state index in [0.717, 1.165) is 0 Å². The highest BCUT2D eigenvalue weighted by atomic mass is 35.5. The lowest BCUT2D eigenvalue weighted by Crippen LogP contribution is -2.13. The van der Waals surface area contributed by atoms with Gasteiger partial charge in [0.2, 0.25) is 0 Å². The standard InChI is InChI=1S/C12H16ClFO/c1-8(2)6-10(15)7-9-4-3-5-11(14)12(9)13/h3-5,8,10,15H,6-7H2,1-2H3. The fraction of sp³-hybridized carbons (Fsp3) is 0.500. The molecule has 0 heterocycles. The Morgan fingerprint density at radius 3 is 2.67 bits per heavy atom. The first kappa shape index (κ1) is 12.5. The molecule has 1 aromatic rings. The number of hydrogen-bond donors (Lipinski definition) is 1. The van der Waals surface area contributed by atoms with Gasteiger partial charge in [0.15, 0.2) is 0 Å². The molecule has 0 fully saturated rings. The third-order valence-electron chi connectivity index (χ3n) is 2.23. The van der Waals surface area contributed by atoms with Crippen molar-refractivity contribution in [3.63, 3.8) is 0 Å². The molecule has 1 atom stereocenters. The Kier molecular flexibility index (Phi) is 4.55. The maximum absolute atomic E-state index is 13.1. The zero-order valence-electron chi connectivity index (χ0n) is 9.00. The van der Waals surface area contributed by atoms with E-state index in [2.05, 4.69) is 0 Å². The summed E-state index contributed by atoms with van der Waals surface area (Å²) in [5, 5.41) is 9.83. The molecule has 3 heteroatoms.